The molecule has 274 valence electrons. The Kier molecular flexibility index (Phi) is 6.79. The molecule has 9 aromatic rings. The summed E-state index contributed by atoms with van der Waals surface area (Å²) in [7, 11) is 0. The first kappa shape index (κ1) is 32.4. The fraction of sp³-hybridized carbons (Fsp3) is 0.0943. The number of nitrogens with zero attached hydrogens (tertiary/aromatic N) is 4. The van der Waals surface area contributed by atoms with Crippen LogP contribution in [0.3, 0.4) is 0 Å². The number of benzene rings is 6. The van der Waals surface area contributed by atoms with Gasteiger partial charge in [0.05, 0.1) is 33.2 Å². The van der Waals surface area contributed by atoms with Gasteiger partial charge in [-0.3, -0.25) is 4.57 Å². The molecule has 5 heterocycles. The van der Waals surface area contributed by atoms with Gasteiger partial charge in [0.2, 0.25) is 0 Å². The minimum absolute atomic E-state index is 0.111. The Labute approximate surface area is 340 Å². The van der Waals surface area contributed by atoms with Crippen molar-refractivity contribution < 1.29 is 0 Å². The lowest BCUT2D eigenvalue weighted by molar-refractivity contribution is 0.269. The van der Waals surface area contributed by atoms with Crippen molar-refractivity contribution in [2.75, 3.05) is 0 Å². The molecule has 13 rings (SSSR count). The number of thioether (sulfide) groups is 1. The molecule has 5 unspecified atom stereocenters. The molecule has 0 N–H and O–H groups in total. The number of para-hydroxylation sites is 4. The van der Waals surface area contributed by atoms with E-state index in [2.05, 4.69) is 215 Å². The Balaban J connectivity index is 1.12. The molecule has 0 amide bonds. The van der Waals surface area contributed by atoms with Gasteiger partial charge in [-0.05, 0) is 29.3 Å². The molecule has 0 saturated carbocycles. The first-order valence-electron chi connectivity index (χ1n) is 20.2. The Morgan fingerprint density at radius 1 is 0.534 bits per heavy atom. The van der Waals surface area contributed by atoms with Gasteiger partial charge in [-0.2, -0.15) is 0 Å². The predicted octanol–water partition coefficient (Wildman–Crippen LogP) is 12.7. The average Bonchev–Trinajstić information content (AvgIpc) is 3.82. The van der Waals surface area contributed by atoms with E-state index in [1.54, 1.807) is 0 Å². The van der Waals surface area contributed by atoms with E-state index in [0.717, 1.165) is 34.0 Å². The fourth-order valence-electron chi connectivity index (χ4n) is 11.0. The summed E-state index contributed by atoms with van der Waals surface area (Å²) in [6, 6.07) is 57.4. The van der Waals surface area contributed by atoms with Gasteiger partial charge in [-0.1, -0.05) is 170 Å². The van der Waals surface area contributed by atoms with E-state index in [1.165, 1.54) is 55.3 Å². The van der Waals surface area contributed by atoms with E-state index < -0.39 is 0 Å². The maximum Gasteiger partial charge on any atom is 0.162 e. The fourth-order valence-corrected chi connectivity index (χ4v) is 12.9. The van der Waals surface area contributed by atoms with Crippen LogP contribution >= 0.6 is 11.8 Å². The van der Waals surface area contributed by atoms with Crippen molar-refractivity contribution in [2.24, 2.45) is 11.8 Å². The van der Waals surface area contributed by atoms with Gasteiger partial charge >= 0.3 is 0 Å². The third-order valence-electron chi connectivity index (χ3n) is 13.2. The highest BCUT2D eigenvalue weighted by Crippen LogP contribution is 2.67. The molecule has 2 aliphatic heterocycles. The maximum atomic E-state index is 5.46. The van der Waals surface area contributed by atoms with Gasteiger partial charge in [0.1, 0.15) is 5.82 Å². The van der Waals surface area contributed by atoms with Crippen LogP contribution in [0.4, 0.5) is 0 Å². The lowest BCUT2D eigenvalue weighted by Crippen LogP contribution is -2.53. The third kappa shape index (κ3) is 4.26. The average molecular weight is 761 g/mol. The van der Waals surface area contributed by atoms with Crippen molar-refractivity contribution in [1.29, 1.82) is 0 Å². The highest BCUT2D eigenvalue weighted by molar-refractivity contribution is 8.00. The largest absolute Gasteiger partial charge is 0.309 e. The Morgan fingerprint density at radius 3 is 2.05 bits per heavy atom. The zero-order chi connectivity index (χ0) is 38.0. The van der Waals surface area contributed by atoms with E-state index in [-0.39, 0.29) is 27.8 Å². The van der Waals surface area contributed by atoms with Crippen LogP contribution in [0.2, 0.25) is 0 Å². The predicted molar refractivity (Wildman–Crippen MR) is 240 cm³/mol. The Hall–Kier alpha value is -6.69. The first-order valence-corrected chi connectivity index (χ1v) is 21.2. The minimum Gasteiger partial charge on any atom is -0.309 e. The molecule has 58 heavy (non-hydrogen) atoms. The number of hydrogen-bond donors (Lipinski definition) is 0. The summed E-state index contributed by atoms with van der Waals surface area (Å²) in [5, 5.41) is 4.23. The van der Waals surface area contributed by atoms with Crippen LogP contribution in [0.25, 0.3) is 72.9 Å². The number of fused-ring (bicyclic) bond motifs is 15. The lowest BCUT2D eigenvalue weighted by Gasteiger charge is -2.57. The molecule has 4 aliphatic rings. The summed E-state index contributed by atoms with van der Waals surface area (Å²) in [4.78, 5) is 10.7. The quantitative estimate of drug-likeness (QED) is 0.180. The van der Waals surface area contributed by atoms with Crippen molar-refractivity contribution in [3.63, 3.8) is 0 Å². The van der Waals surface area contributed by atoms with E-state index in [9.17, 15) is 0 Å². The first-order chi connectivity index (χ1) is 28.8. The Morgan fingerprint density at radius 2 is 1.21 bits per heavy atom. The summed E-state index contributed by atoms with van der Waals surface area (Å²) in [5.74, 6) is 1.98. The second-order valence-corrected chi connectivity index (χ2v) is 17.3. The van der Waals surface area contributed by atoms with Crippen LogP contribution in [0.1, 0.15) is 27.6 Å². The van der Waals surface area contributed by atoms with Crippen molar-refractivity contribution >= 4 is 50.5 Å². The molecule has 5 heteroatoms. The molecule has 2 aliphatic carbocycles. The summed E-state index contributed by atoms with van der Waals surface area (Å²) >= 11 is 2.13. The van der Waals surface area contributed by atoms with Crippen LogP contribution in [0, 0.1) is 11.8 Å². The minimum atomic E-state index is -0.353. The molecule has 0 radical (unpaired) electrons. The molecule has 6 aromatic carbocycles. The Bertz CT molecular complexity index is 3190. The topological polar surface area (TPSA) is 35.6 Å². The normalized spacial score (nSPS) is 22.3. The van der Waals surface area contributed by atoms with Crippen molar-refractivity contribution in [3.8, 4) is 34.2 Å². The van der Waals surface area contributed by atoms with Gasteiger partial charge in [0.15, 0.2) is 5.82 Å². The summed E-state index contributed by atoms with van der Waals surface area (Å²) in [6.07, 6.45) is 14.6. The molecule has 3 aromatic heterocycles. The monoisotopic (exact) mass is 760 g/mol. The summed E-state index contributed by atoms with van der Waals surface area (Å²) in [5.41, 5.74) is 13.1. The highest BCUT2D eigenvalue weighted by Gasteiger charge is 2.60. The second-order valence-electron chi connectivity index (χ2n) is 16.0. The van der Waals surface area contributed by atoms with Gasteiger partial charge in [0, 0.05) is 67.1 Å². The molecular weight excluding hydrogens is 725 g/mol. The van der Waals surface area contributed by atoms with Crippen molar-refractivity contribution in [2.45, 2.75) is 15.9 Å². The molecule has 1 fully saturated rings. The van der Waals surface area contributed by atoms with Gasteiger partial charge in [-0.15, -0.1) is 11.8 Å². The molecular formula is C53H36N4S. The number of allylic oxidation sites excluding steroid dienone is 4. The lowest BCUT2D eigenvalue weighted by atomic mass is 9.53. The van der Waals surface area contributed by atoms with E-state index in [4.69, 9.17) is 9.97 Å². The number of aromatic nitrogens is 4. The molecule has 1 saturated heterocycles. The van der Waals surface area contributed by atoms with Gasteiger partial charge < -0.3 is 4.57 Å². The molecule has 5 atom stereocenters. The van der Waals surface area contributed by atoms with Crippen LogP contribution < -0.4 is 0 Å². The second kappa shape index (κ2) is 12.2. The zero-order valence-corrected chi connectivity index (χ0v) is 32.3. The van der Waals surface area contributed by atoms with E-state index >= 15 is 0 Å². The zero-order valence-electron chi connectivity index (χ0n) is 31.5. The maximum absolute atomic E-state index is 5.46. The summed E-state index contributed by atoms with van der Waals surface area (Å²) < 4.78 is 5.04. The van der Waals surface area contributed by atoms with Crippen molar-refractivity contribution in [3.05, 3.63) is 210 Å². The van der Waals surface area contributed by atoms with Crippen LogP contribution in [-0.2, 0) is 5.41 Å². The van der Waals surface area contributed by atoms with Gasteiger partial charge in [-0.25, -0.2) is 9.97 Å². The van der Waals surface area contributed by atoms with E-state index in [1.807, 2.05) is 0 Å². The van der Waals surface area contributed by atoms with Crippen LogP contribution in [0.15, 0.2) is 188 Å². The molecule has 1 spiro atoms. The highest BCUT2D eigenvalue weighted by atomic mass is 32.2. The number of hydrogen-bond acceptors (Lipinski definition) is 3. The van der Waals surface area contributed by atoms with Crippen LogP contribution in [-0.4, -0.2) is 24.4 Å². The SMILES string of the molecule is C1=CC2SC3c4c(c5ccccc5n4-c4cc(-c5ccccc5)nc(-c5ccccc5)n4)C=CC3C3(c4ccccc4-n4c5ccccc5c5cccc3c54)C2C=C1. The summed E-state index contributed by atoms with van der Waals surface area (Å²) in [6.45, 7) is 0. The standard InChI is InChI=1S/C53H36N4S/c1-3-16-33(17-4-1)43-32-48(55-52(54-43)34-18-5-2-6-19-34)57-45-27-12-8-21-36(45)38-30-31-42-51(50(38)57)58-47-29-14-10-24-40(47)53(42)39-23-9-13-28-46(39)56-44-26-11-7-20-35(44)37-22-15-25-41(53)49(37)56/h1-32,40,42,47,51H. The molecule has 0 bridgehead atoms. The van der Waals surface area contributed by atoms with Gasteiger partial charge in [0.25, 0.3) is 0 Å². The van der Waals surface area contributed by atoms with Crippen molar-refractivity contribution in [1.82, 2.24) is 19.1 Å². The van der Waals surface area contributed by atoms with E-state index in [0.29, 0.717) is 0 Å². The third-order valence-corrected chi connectivity index (χ3v) is 14.8. The van der Waals surface area contributed by atoms with Crippen LogP contribution in [0.5, 0.6) is 0 Å². The number of rotatable bonds is 3. The smallest absolute Gasteiger partial charge is 0.162 e. The molecule has 4 nitrogen and oxygen atoms in total.